The van der Waals surface area contributed by atoms with Gasteiger partial charge in [0.1, 0.15) is 0 Å². The van der Waals surface area contributed by atoms with Crippen LogP contribution in [-0.2, 0) is 4.74 Å². The molecular formula is C12H25NO2. The van der Waals surface area contributed by atoms with E-state index >= 15 is 0 Å². The summed E-state index contributed by atoms with van der Waals surface area (Å²) in [6.45, 7) is 6.60. The highest BCUT2D eigenvalue weighted by molar-refractivity contribution is 4.85. The maximum absolute atomic E-state index is 10.4. The van der Waals surface area contributed by atoms with Gasteiger partial charge in [-0.05, 0) is 19.9 Å². The zero-order chi connectivity index (χ0) is 11.3. The first-order valence-electron chi connectivity index (χ1n) is 6.11. The minimum atomic E-state index is -0.518. The Morgan fingerprint density at radius 3 is 2.27 bits per heavy atom. The topological polar surface area (TPSA) is 32.7 Å². The Labute approximate surface area is 93.4 Å². The molecule has 1 heterocycles. The summed E-state index contributed by atoms with van der Waals surface area (Å²) in [7, 11) is 2.12. The van der Waals surface area contributed by atoms with Gasteiger partial charge in [0, 0.05) is 38.6 Å². The average molecular weight is 215 g/mol. The molecule has 3 heteroatoms. The van der Waals surface area contributed by atoms with Gasteiger partial charge in [-0.2, -0.15) is 0 Å². The summed E-state index contributed by atoms with van der Waals surface area (Å²) in [6, 6.07) is 0.594. The van der Waals surface area contributed by atoms with Crippen LogP contribution in [0, 0.1) is 0 Å². The third-order valence-electron chi connectivity index (χ3n) is 3.53. The lowest BCUT2D eigenvalue weighted by atomic mass is 9.93. The molecule has 90 valence electrons. The summed E-state index contributed by atoms with van der Waals surface area (Å²) in [6.07, 6.45) is 3.86. The number of likely N-dealkylation sites (N-methyl/N-ethyl adjacent to an activating group) is 1. The van der Waals surface area contributed by atoms with Crippen molar-refractivity contribution in [3.05, 3.63) is 0 Å². The van der Waals surface area contributed by atoms with E-state index in [1.54, 1.807) is 0 Å². The molecule has 1 aliphatic rings. The van der Waals surface area contributed by atoms with Gasteiger partial charge in [0.25, 0.3) is 0 Å². The van der Waals surface area contributed by atoms with Crippen molar-refractivity contribution < 1.29 is 9.84 Å². The fourth-order valence-electron chi connectivity index (χ4n) is 2.41. The van der Waals surface area contributed by atoms with E-state index in [4.69, 9.17) is 4.74 Å². The quantitative estimate of drug-likeness (QED) is 0.757. The molecule has 1 aliphatic heterocycles. The van der Waals surface area contributed by atoms with Crippen LogP contribution in [0.3, 0.4) is 0 Å². The Morgan fingerprint density at radius 2 is 1.80 bits per heavy atom. The van der Waals surface area contributed by atoms with E-state index in [2.05, 4.69) is 25.8 Å². The van der Waals surface area contributed by atoms with E-state index in [0.717, 1.165) is 32.2 Å². The molecule has 0 bridgehead atoms. The number of hydrogen-bond acceptors (Lipinski definition) is 3. The van der Waals surface area contributed by atoms with Crippen LogP contribution in [0.1, 0.15) is 39.5 Å². The highest BCUT2D eigenvalue weighted by Crippen LogP contribution is 2.22. The normalized spacial score (nSPS) is 21.2. The molecule has 15 heavy (non-hydrogen) atoms. The van der Waals surface area contributed by atoms with Crippen LogP contribution in [0.5, 0.6) is 0 Å². The lowest BCUT2D eigenvalue weighted by Crippen LogP contribution is -2.48. The second-order valence-corrected chi connectivity index (χ2v) is 4.72. The van der Waals surface area contributed by atoms with Gasteiger partial charge in [0.15, 0.2) is 0 Å². The van der Waals surface area contributed by atoms with E-state index in [1.165, 1.54) is 0 Å². The monoisotopic (exact) mass is 215 g/mol. The first-order chi connectivity index (χ1) is 7.11. The molecule has 0 aromatic heterocycles. The zero-order valence-electron chi connectivity index (χ0n) is 10.3. The van der Waals surface area contributed by atoms with Crippen molar-refractivity contribution in [1.29, 1.82) is 0 Å². The molecule has 0 spiro atoms. The zero-order valence-corrected chi connectivity index (χ0v) is 10.3. The van der Waals surface area contributed by atoms with Gasteiger partial charge < -0.3 is 14.7 Å². The van der Waals surface area contributed by atoms with Crippen molar-refractivity contribution in [2.24, 2.45) is 0 Å². The molecule has 0 radical (unpaired) electrons. The number of ether oxygens (including phenoxy) is 1. The third-order valence-corrected chi connectivity index (χ3v) is 3.53. The number of hydrogen-bond donors (Lipinski definition) is 1. The summed E-state index contributed by atoms with van der Waals surface area (Å²) >= 11 is 0. The molecule has 0 aromatic rings. The fourth-order valence-corrected chi connectivity index (χ4v) is 2.41. The van der Waals surface area contributed by atoms with E-state index in [-0.39, 0.29) is 0 Å². The maximum atomic E-state index is 10.4. The predicted molar refractivity (Wildman–Crippen MR) is 62.0 cm³/mol. The van der Waals surface area contributed by atoms with Gasteiger partial charge in [-0.25, -0.2) is 0 Å². The minimum Gasteiger partial charge on any atom is -0.388 e. The number of aliphatic hydroxyl groups is 1. The van der Waals surface area contributed by atoms with Crippen molar-refractivity contribution in [3.8, 4) is 0 Å². The van der Waals surface area contributed by atoms with Gasteiger partial charge in [-0.15, -0.1) is 0 Å². The van der Waals surface area contributed by atoms with E-state index in [0.29, 0.717) is 19.3 Å². The van der Waals surface area contributed by atoms with Gasteiger partial charge in [-0.1, -0.05) is 13.8 Å². The summed E-state index contributed by atoms with van der Waals surface area (Å²) in [4.78, 5) is 2.30. The minimum absolute atomic E-state index is 0.518. The predicted octanol–water partition coefficient (Wildman–Crippen LogP) is 1.65. The average Bonchev–Trinajstić information content (AvgIpc) is 2.19. The second kappa shape index (κ2) is 5.83. The first-order valence-corrected chi connectivity index (χ1v) is 6.11. The summed E-state index contributed by atoms with van der Waals surface area (Å²) < 4.78 is 5.28. The van der Waals surface area contributed by atoms with Crippen molar-refractivity contribution in [2.75, 3.05) is 26.8 Å². The van der Waals surface area contributed by atoms with Crippen molar-refractivity contribution in [3.63, 3.8) is 0 Å². The SMILES string of the molecule is CCC(CC)N(C)CC1(O)CCOCC1. The van der Waals surface area contributed by atoms with Crippen molar-refractivity contribution in [2.45, 2.75) is 51.2 Å². The molecule has 1 rings (SSSR count). The Kier molecular flexibility index (Phi) is 5.03. The van der Waals surface area contributed by atoms with Gasteiger partial charge in [0.05, 0.1) is 5.60 Å². The number of nitrogens with zero attached hydrogens (tertiary/aromatic N) is 1. The van der Waals surface area contributed by atoms with E-state index < -0.39 is 5.60 Å². The molecule has 0 saturated carbocycles. The third kappa shape index (κ3) is 3.74. The molecule has 3 nitrogen and oxygen atoms in total. The van der Waals surface area contributed by atoms with Crippen molar-refractivity contribution in [1.82, 2.24) is 4.90 Å². The molecule has 0 aliphatic carbocycles. The van der Waals surface area contributed by atoms with Crippen LogP contribution < -0.4 is 0 Å². The van der Waals surface area contributed by atoms with Gasteiger partial charge >= 0.3 is 0 Å². The molecule has 1 fully saturated rings. The molecule has 0 atom stereocenters. The molecule has 0 aromatic carbocycles. The molecular weight excluding hydrogens is 190 g/mol. The van der Waals surface area contributed by atoms with Gasteiger partial charge in [-0.3, -0.25) is 0 Å². The smallest absolute Gasteiger partial charge is 0.0817 e. The maximum Gasteiger partial charge on any atom is 0.0817 e. The standard InChI is InChI=1S/C12H25NO2/c1-4-11(5-2)13(3)10-12(14)6-8-15-9-7-12/h11,14H,4-10H2,1-3H3. The highest BCUT2D eigenvalue weighted by Gasteiger charge is 2.32. The molecule has 1 N–H and O–H groups in total. The fraction of sp³-hybridized carbons (Fsp3) is 1.00. The summed E-state index contributed by atoms with van der Waals surface area (Å²) in [5, 5.41) is 10.4. The first kappa shape index (κ1) is 12.9. The van der Waals surface area contributed by atoms with Crippen LogP contribution in [0.4, 0.5) is 0 Å². The second-order valence-electron chi connectivity index (χ2n) is 4.72. The van der Waals surface area contributed by atoms with E-state index in [1.807, 2.05) is 0 Å². The Balaban J connectivity index is 2.44. The van der Waals surface area contributed by atoms with Crippen LogP contribution in [0.25, 0.3) is 0 Å². The van der Waals surface area contributed by atoms with Crippen molar-refractivity contribution >= 4 is 0 Å². The Hall–Kier alpha value is -0.120. The Bertz CT molecular complexity index is 174. The largest absolute Gasteiger partial charge is 0.388 e. The van der Waals surface area contributed by atoms with Crippen LogP contribution in [0.2, 0.25) is 0 Å². The highest BCUT2D eigenvalue weighted by atomic mass is 16.5. The number of rotatable bonds is 5. The van der Waals surface area contributed by atoms with E-state index in [9.17, 15) is 5.11 Å². The molecule has 0 amide bonds. The molecule has 1 saturated heterocycles. The summed E-state index contributed by atoms with van der Waals surface area (Å²) in [5.41, 5.74) is -0.518. The van der Waals surface area contributed by atoms with Gasteiger partial charge in [0.2, 0.25) is 0 Å². The van der Waals surface area contributed by atoms with Crippen LogP contribution in [-0.4, -0.2) is 48.5 Å². The lowest BCUT2D eigenvalue weighted by molar-refractivity contribution is -0.0816. The lowest BCUT2D eigenvalue weighted by Gasteiger charge is -2.38. The van der Waals surface area contributed by atoms with Crippen LogP contribution in [0.15, 0.2) is 0 Å². The van der Waals surface area contributed by atoms with Crippen LogP contribution >= 0.6 is 0 Å². The molecule has 0 unspecified atom stereocenters. The summed E-state index contributed by atoms with van der Waals surface area (Å²) in [5.74, 6) is 0. The Morgan fingerprint density at radius 1 is 1.27 bits per heavy atom.